The van der Waals surface area contributed by atoms with Gasteiger partial charge in [-0.05, 0) is 60.5 Å². The molecular weight excluding hydrogens is 472 g/mol. The first-order valence-corrected chi connectivity index (χ1v) is 11.1. The number of anilines is 1. The van der Waals surface area contributed by atoms with Crippen molar-refractivity contribution in [1.82, 2.24) is 5.32 Å². The predicted molar refractivity (Wildman–Crippen MR) is 132 cm³/mol. The first-order chi connectivity index (χ1) is 16.9. The summed E-state index contributed by atoms with van der Waals surface area (Å²) >= 11 is 5.85. The van der Waals surface area contributed by atoms with Crippen LogP contribution in [-0.2, 0) is 16.0 Å². The summed E-state index contributed by atoms with van der Waals surface area (Å²) in [5.41, 5.74) is 1.73. The van der Waals surface area contributed by atoms with Crippen LogP contribution < -0.4 is 20.1 Å². The van der Waals surface area contributed by atoms with Gasteiger partial charge in [0.05, 0.1) is 25.5 Å². The van der Waals surface area contributed by atoms with Crippen molar-refractivity contribution in [2.45, 2.75) is 6.42 Å². The second kappa shape index (κ2) is 12.4. The van der Waals surface area contributed by atoms with Crippen molar-refractivity contribution in [3.63, 3.8) is 0 Å². The first kappa shape index (κ1) is 25.6. The molecule has 2 amide bonds. The van der Waals surface area contributed by atoms with Crippen LogP contribution in [0.2, 0.25) is 5.02 Å². The molecule has 9 heteroatoms. The molecule has 0 atom stereocenters. The number of ether oxygens (including phenoxy) is 3. The van der Waals surface area contributed by atoms with Crippen LogP contribution in [0.25, 0.3) is 0 Å². The fourth-order valence-electron chi connectivity index (χ4n) is 3.21. The van der Waals surface area contributed by atoms with Crippen molar-refractivity contribution in [3.05, 3.63) is 88.4 Å². The van der Waals surface area contributed by atoms with Crippen molar-refractivity contribution in [2.75, 3.05) is 32.7 Å². The molecule has 0 aromatic heterocycles. The molecule has 0 aliphatic carbocycles. The average Bonchev–Trinajstić information content (AvgIpc) is 2.87. The summed E-state index contributed by atoms with van der Waals surface area (Å²) in [6.45, 7) is -0.107. The fraction of sp³-hybridized carbons (Fsp3) is 0.192. The number of carbonyl (C=O) groups is 3. The third-order valence-electron chi connectivity index (χ3n) is 5.02. The van der Waals surface area contributed by atoms with Crippen LogP contribution in [0.3, 0.4) is 0 Å². The molecule has 0 spiro atoms. The molecule has 8 nitrogen and oxygen atoms in total. The van der Waals surface area contributed by atoms with E-state index in [1.54, 1.807) is 62.8 Å². The number of para-hydroxylation sites is 1. The van der Waals surface area contributed by atoms with E-state index in [0.29, 0.717) is 35.1 Å². The zero-order chi connectivity index (χ0) is 25.2. The van der Waals surface area contributed by atoms with Crippen LogP contribution in [0, 0.1) is 0 Å². The van der Waals surface area contributed by atoms with Crippen molar-refractivity contribution in [2.24, 2.45) is 0 Å². The molecule has 0 saturated heterocycles. The summed E-state index contributed by atoms with van der Waals surface area (Å²) in [5, 5.41) is 5.90. The molecule has 0 saturated carbocycles. The number of halogens is 1. The number of methoxy groups -OCH3 is 2. The maximum atomic E-state index is 12.6. The molecule has 0 aliphatic heterocycles. The highest BCUT2D eigenvalue weighted by atomic mass is 35.5. The second-order valence-electron chi connectivity index (χ2n) is 7.37. The van der Waals surface area contributed by atoms with Crippen LogP contribution in [0.1, 0.15) is 26.3 Å². The Morgan fingerprint density at radius 1 is 0.886 bits per heavy atom. The molecule has 0 bridgehead atoms. The third kappa shape index (κ3) is 7.22. The molecular formula is C26H25ClN2O6. The minimum Gasteiger partial charge on any atom is -0.493 e. The van der Waals surface area contributed by atoms with E-state index in [1.165, 1.54) is 6.07 Å². The highest BCUT2D eigenvalue weighted by molar-refractivity contribution is 6.30. The lowest BCUT2D eigenvalue weighted by Gasteiger charge is -2.12. The number of carbonyl (C=O) groups excluding carboxylic acids is 3. The lowest BCUT2D eigenvalue weighted by Crippen LogP contribution is -2.30. The Bertz CT molecular complexity index is 1200. The number of hydrogen-bond donors (Lipinski definition) is 2. The van der Waals surface area contributed by atoms with Gasteiger partial charge in [0, 0.05) is 17.1 Å². The minimum absolute atomic E-state index is 0.132. The molecule has 0 heterocycles. The van der Waals surface area contributed by atoms with Gasteiger partial charge < -0.3 is 24.8 Å². The standard InChI is InChI=1S/C26H25ClN2O6/c1-33-22-12-7-17(15-23(22)34-2)13-14-28-24(30)16-35-26(32)20-5-3-4-6-21(20)29-25(31)18-8-10-19(27)11-9-18/h3-12,15H,13-14,16H2,1-2H3,(H,28,30)(H,29,31). The quantitative estimate of drug-likeness (QED) is 0.409. The molecule has 3 rings (SSSR count). The van der Waals surface area contributed by atoms with E-state index in [1.807, 2.05) is 12.1 Å². The summed E-state index contributed by atoms with van der Waals surface area (Å²) in [7, 11) is 3.12. The normalized spacial score (nSPS) is 10.3. The van der Waals surface area contributed by atoms with Crippen LogP contribution in [-0.4, -0.2) is 45.2 Å². The van der Waals surface area contributed by atoms with E-state index in [2.05, 4.69) is 10.6 Å². The predicted octanol–water partition coefficient (Wildman–Crippen LogP) is 4.13. The van der Waals surface area contributed by atoms with E-state index in [-0.39, 0.29) is 11.3 Å². The van der Waals surface area contributed by atoms with Gasteiger partial charge in [-0.15, -0.1) is 0 Å². The Labute approximate surface area is 208 Å². The Morgan fingerprint density at radius 2 is 1.60 bits per heavy atom. The Kier molecular flexibility index (Phi) is 9.09. The van der Waals surface area contributed by atoms with E-state index in [4.69, 9.17) is 25.8 Å². The molecule has 0 fully saturated rings. The topological polar surface area (TPSA) is 103 Å². The maximum absolute atomic E-state index is 12.6. The molecule has 182 valence electrons. The molecule has 3 aromatic carbocycles. The van der Waals surface area contributed by atoms with E-state index < -0.39 is 24.4 Å². The number of benzene rings is 3. The minimum atomic E-state index is -0.730. The van der Waals surface area contributed by atoms with Crippen LogP contribution >= 0.6 is 11.6 Å². The summed E-state index contributed by atoms with van der Waals surface area (Å²) < 4.78 is 15.6. The van der Waals surface area contributed by atoms with Gasteiger partial charge in [0.25, 0.3) is 11.8 Å². The van der Waals surface area contributed by atoms with Crippen molar-refractivity contribution < 1.29 is 28.6 Å². The Morgan fingerprint density at radius 3 is 2.31 bits per heavy atom. The fourth-order valence-corrected chi connectivity index (χ4v) is 3.33. The molecule has 0 unspecified atom stereocenters. The monoisotopic (exact) mass is 496 g/mol. The SMILES string of the molecule is COc1ccc(CCNC(=O)COC(=O)c2ccccc2NC(=O)c2ccc(Cl)cc2)cc1OC. The number of esters is 1. The number of hydrogen-bond acceptors (Lipinski definition) is 6. The molecule has 2 N–H and O–H groups in total. The maximum Gasteiger partial charge on any atom is 0.340 e. The molecule has 3 aromatic rings. The summed E-state index contributed by atoms with van der Waals surface area (Å²) in [5.74, 6) is -0.354. The van der Waals surface area contributed by atoms with Gasteiger partial charge in [0.15, 0.2) is 18.1 Å². The largest absolute Gasteiger partial charge is 0.493 e. The number of nitrogens with one attached hydrogen (secondary N) is 2. The highest BCUT2D eigenvalue weighted by Crippen LogP contribution is 2.27. The van der Waals surface area contributed by atoms with Crippen molar-refractivity contribution in [1.29, 1.82) is 0 Å². The average molecular weight is 497 g/mol. The molecule has 0 aliphatic rings. The van der Waals surface area contributed by atoms with Crippen molar-refractivity contribution in [3.8, 4) is 11.5 Å². The van der Waals surface area contributed by atoms with Gasteiger partial charge in [-0.2, -0.15) is 0 Å². The van der Waals surface area contributed by atoms with E-state index in [9.17, 15) is 14.4 Å². The zero-order valence-corrected chi connectivity index (χ0v) is 20.1. The molecule has 0 radical (unpaired) electrons. The van der Waals surface area contributed by atoms with E-state index in [0.717, 1.165) is 5.56 Å². The summed E-state index contributed by atoms with van der Waals surface area (Å²) in [6, 6.07) is 18.2. The van der Waals surface area contributed by atoms with Gasteiger partial charge in [-0.25, -0.2) is 4.79 Å². The smallest absolute Gasteiger partial charge is 0.340 e. The van der Waals surface area contributed by atoms with Crippen LogP contribution in [0.4, 0.5) is 5.69 Å². The van der Waals surface area contributed by atoms with Gasteiger partial charge in [-0.3, -0.25) is 9.59 Å². The molecule has 35 heavy (non-hydrogen) atoms. The third-order valence-corrected chi connectivity index (χ3v) is 5.27. The zero-order valence-electron chi connectivity index (χ0n) is 19.3. The van der Waals surface area contributed by atoms with Crippen LogP contribution in [0.5, 0.6) is 11.5 Å². The Balaban J connectivity index is 1.51. The second-order valence-corrected chi connectivity index (χ2v) is 7.81. The Hall–Kier alpha value is -4.04. The lowest BCUT2D eigenvalue weighted by atomic mass is 10.1. The summed E-state index contributed by atoms with van der Waals surface area (Å²) in [4.78, 5) is 37.2. The van der Waals surface area contributed by atoms with E-state index >= 15 is 0 Å². The van der Waals surface area contributed by atoms with Crippen LogP contribution in [0.15, 0.2) is 66.7 Å². The van der Waals surface area contributed by atoms with Gasteiger partial charge >= 0.3 is 5.97 Å². The highest BCUT2D eigenvalue weighted by Gasteiger charge is 2.16. The number of amides is 2. The van der Waals surface area contributed by atoms with Gasteiger partial charge in [-0.1, -0.05) is 29.8 Å². The van der Waals surface area contributed by atoms with Crippen molar-refractivity contribution >= 4 is 35.1 Å². The summed E-state index contributed by atoms with van der Waals surface area (Å²) in [6.07, 6.45) is 0.555. The first-order valence-electron chi connectivity index (χ1n) is 10.7. The number of rotatable bonds is 10. The van der Waals surface area contributed by atoms with Gasteiger partial charge in [0.2, 0.25) is 0 Å². The van der Waals surface area contributed by atoms with Gasteiger partial charge in [0.1, 0.15) is 0 Å². The lowest BCUT2D eigenvalue weighted by molar-refractivity contribution is -0.124.